The van der Waals surface area contributed by atoms with Crippen LogP contribution in [-0.4, -0.2) is 17.0 Å². The van der Waals surface area contributed by atoms with Gasteiger partial charge in [-0.25, -0.2) is 0 Å². The quantitative estimate of drug-likeness (QED) is 0.315. The Hall–Kier alpha value is -3.60. The summed E-state index contributed by atoms with van der Waals surface area (Å²) < 4.78 is 10.2. The van der Waals surface area contributed by atoms with Crippen LogP contribution in [0.15, 0.2) is 72.8 Å². The van der Waals surface area contributed by atoms with Gasteiger partial charge >= 0.3 is 11.9 Å². The van der Waals surface area contributed by atoms with Gasteiger partial charge in [-0.3, -0.25) is 9.59 Å². The van der Waals surface area contributed by atoms with E-state index in [2.05, 4.69) is 13.8 Å². The Morgan fingerprint density at radius 1 is 0.743 bits per heavy atom. The van der Waals surface area contributed by atoms with E-state index in [0.29, 0.717) is 11.5 Å². The molecule has 5 heteroatoms. The van der Waals surface area contributed by atoms with Gasteiger partial charge in [0, 0.05) is 6.92 Å². The zero-order chi connectivity index (χ0) is 26.4. The van der Waals surface area contributed by atoms with Gasteiger partial charge in [-0.05, 0) is 81.6 Å². The van der Waals surface area contributed by atoms with Crippen LogP contribution in [0.5, 0.6) is 17.2 Å². The first-order valence-corrected chi connectivity index (χ1v) is 11.8. The molecule has 35 heavy (non-hydrogen) atoms. The summed E-state index contributed by atoms with van der Waals surface area (Å²) in [5, 5.41) is 9.26. The Kier molecular flexibility index (Phi) is 12.3. The summed E-state index contributed by atoms with van der Waals surface area (Å²) in [4.78, 5) is 22.3. The fourth-order valence-electron chi connectivity index (χ4n) is 2.56. The first kappa shape index (κ1) is 29.4. The molecule has 0 fully saturated rings. The highest BCUT2D eigenvalue weighted by molar-refractivity contribution is 5.77. The van der Waals surface area contributed by atoms with Crippen molar-refractivity contribution in [1.29, 1.82) is 0 Å². The number of carbonyl (C=O) groups is 2. The van der Waals surface area contributed by atoms with Gasteiger partial charge in [0.25, 0.3) is 0 Å². The summed E-state index contributed by atoms with van der Waals surface area (Å²) in [6, 6.07) is 22.0. The molecular weight excluding hydrogens is 440 g/mol. The second-order valence-corrected chi connectivity index (χ2v) is 9.24. The second kappa shape index (κ2) is 14.6. The second-order valence-electron chi connectivity index (χ2n) is 9.24. The van der Waals surface area contributed by atoms with Crippen molar-refractivity contribution >= 4 is 11.9 Å². The molecule has 0 spiro atoms. The van der Waals surface area contributed by atoms with Crippen molar-refractivity contribution in [2.24, 2.45) is 5.41 Å². The molecule has 188 valence electrons. The van der Waals surface area contributed by atoms with Crippen molar-refractivity contribution in [3.63, 3.8) is 0 Å². The number of benzene rings is 3. The highest BCUT2D eigenvalue weighted by Gasteiger charge is 2.23. The molecule has 0 aliphatic rings. The smallest absolute Gasteiger partial charge is 0.316 e. The summed E-state index contributed by atoms with van der Waals surface area (Å²) in [5.74, 6) is 0.901. The zero-order valence-corrected chi connectivity index (χ0v) is 21.9. The number of carbonyl (C=O) groups excluding carboxylic acids is 2. The summed E-state index contributed by atoms with van der Waals surface area (Å²) in [5.41, 5.74) is 2.88. The number of rotatable bonds is 4. The van der Waals surface area contributed by atoms with Gasteiger partial charge in [0.05, 0.1) is 5.41 Å². The lowest BCUT2D eigenvalue weighted by Gasteiger charge is -2.16. The first-order chi connectivity index (χ1) is 16.4. The molecule has 0 amide bonds. The molecule has 0 saturated carbocycles. The van der Waals surface area contributed by atoms with Crippen LogP contribution in [0.3, 0.4) is 0 Å². The Labute approximate surface area is 209 Å². The van der Waals surface area contributed by atoms with Gasteiger partial charge in [0.2, 0.25) is 0 Å². The van der Waals surface area contributed by atoms with E-state index in [-0.39, 0.29) is 17.7 Å². The van der Waals surface area contributed by atoms with Crippen LogP contribution in [0.25, 0.3) is 0 Å². The maximum atomic E-state index is 11.8. The average Bonchev–Trinajstić information content (AvgIpc) is 2.78. The minimum absolute atomic E-state index is 0.242. The SMILES string of the molecule is CC(=O)Oc1ccc(C)cc1.CC(C)(C)C(=O)Oc1ccc(Cc2ccc(O)cc2)cc1.CCC. The van der Waals surface area contributed by atoms with Crippen LogP contribution in [0, 0.1) is 12.3 Å². The average molecular weight is 479 g/mol. The molecule has 0 saturated heterocycles. The first-order valence-electron chi connectivity index (χ1n) is 11.8. The molecule has 0 aliphatic carbocycles. The minimum Gasteiger partial charge on any atom is -0.508 e. The lowest BCUT2D eigenvalue weighted by Crippen LogP contribution is -2.25. The molecule has 0 atom stereocenters. The van der Waals surface area contributed by atoms with Crippen molar-refractivity contribution in [2.45, 2.75) is 61.3 Å². The molecule has 0 bridgehead atoms. The standard InChI is InChI=1S/C18H20O3.C9H10O2.C3H8/c1-18(2,3)17(20)21-16-10-6-14(7-11-16)12-13-4-8-15(19)9-5-13;1-7-3-5-9(6-4-7)11-8(2)10;1-3-2/h4-11,19H,12H2,1-3H3;3-6H,1-2H3;3H2,1-2H3. The van der Waals surface area contributed by atoms with Crippen LogP contribution in [-0.2, 0) is 16.0 Å². The third-order valence-corrected chi connectivity index (χ3v) is 4.37. The Balaban J connectivity index is 0.000000366. The molecule has 0 aliphatic heterocycles. The van der Waals surface area contributed by atoms with Crippen LogP contribution >= 0.6 is 0 Å². The maximum Gasteiger partial charge on any atom is 0.316 e. The number of phenols is 1. The maximum absolute atomic E-state index is 11.8. The van der Waals surface area contributed by atoms with Gasteiger partial charge < -0.3 is 14.6 Å². The third kappa shape index (κ3) is 12.4. The van der Waals surface area contributed by atoms with Crippen molar-refractivity contribution < 1.29 is 24.2 Å². The molecule has 3 aromatic carbocycles. The van der Waals surface area contributed by atoms with E-state index in [9.17, 15) is 14.7 Å². The van der Waals surface area contributed by atoms with E-state index in [1.165, 1.54) is 13.3 Å². The zero-order valence-electron chi connectivity index (χ0n) is 21.9. The summed E-state index contributed by atoms with van der Waals surface area (Å²) >= 11 is 0. The van der Waals surface area contributed by atoms with Crippen molar-refractivity contribution in [2.75, 3.05) is 0 Å². The molecule has 0 unspecified atom stereocenters. The Bertz CT molecular complexity index is 1030. The number of phenolic OH excluding ortho intramolecular Hbond substituents is 1. The summed E-state index contributed by atoms with van der Waals surface area (Å²) in [6.45, 7) is 13.1. The molecule has 1 N–H and O–H groups in total. The number of hydrogen-bond donors (Lipinski definition) is 1. The van der Waals surface area contributed by atoms with Gasteiger partial charge in [-0.2, -0.15) is 0 Å². The predicted molar refractivity (Wildman–Crippen MR) is 141 cm³/mol. The predicted octanol–water partition coefficient (Wildman–Crippen LogP) is 7.27. The summed E-state index contributed by atoms with van der Waals surface area (Å²) in [6.07, 6.45) is 2.02. The van der Waals surface area contributed by atoms with Gasteiger partial charge in [0.15, 0.2) is 0 Å². The van der Waals surface area contributed by atoms with Crippen LogP contribution in [0.4, 0.5) is 0 Å². The van der Waals surface area contributed by atoms with Crippen LogP contribution in [0.1, 0.15) is 64.7 Å². The van der Waals surface area contributed by atoms with Gasteiger partial charge in [-0.1, -0.05) is 62.2 Å². The Morgan fingerprint density at radius 3 is 1.57 bits per heavy atom. The van der Waals surface area contributed by atoms with E-state index in [4.69, 9.17) is 9.47 Å². The number of aromatic hydroxyl groups is 1. The largest absolute Gasteiger partial charge is 0.508 e. The molecule has 0 heterocycles. The molecule has 5 nitrogen and oxygen atoms in total. The van der Waals surface area contributed by atoms with E-state index in [0.717, 1.165) is 23.1 Å². The van der Waals surface area contributed by atoms with E-state index < -0.39 is 5.41 Å². The van der Waals surface area contributed by atoms with E-state index >= 15 is 0 Å². The molecule has 0 radical (unpaired) electrons. The van der Waals surface area contributed by atoms with E-state index in [1.54, 1.807) is 36.4 Å². The van der Waals surface area contributed by atoms with Crippen molar-refractivity contribution in [3.05, 3.63) is 89.5 Å². The normalized spacial score (nSPS) is 10.1. The van der Waals surface area contributed by atoms with E-state index in [1.807, 2.05) is 64.1 Å². The highest BCUT2D eigenvalue weighted by Crippen LogP contribution is 2.21. The molecule has 3 rings (SSSR count). The molecule has 3 aromatic rings. The topological polar surface area (TPSA) is 72.8 Å². The van der Waals surface area contributed by atoms with Crippen LogP contribution < -0.4 is 9.47 Å². The fourth-order valence-corrected chi connectivity index (χ4v) is 2.56. The van der Waals surface area contributed by atoms with Crippen LogP contribution in [0.2, 0.25) is 0 Å². The number of ether oxygens (including phenoxy) is 2. The van der Waals surface area contributed by atoms with Crippen molar-refractivity contribution in [1.82, 2.24) is 0 Å². The molecule has 0 aromatic heterocycles. The lowest BCUT2D eigenvalue weighted by molar-refractivity contribution is -0.143. The summed E-state index contributed by atoms with van der Waals surface area (Å²) in [7, 11) is 0. The fraction of sp³-hybridized carbons (Fsp3) is 0.333. The number of hydrogen-bond acceptors (Lipinski definition) is 5. The minimum atomic E-state index is -0.509. The number of aryl methyl sites for hydroxylation is 1. The lowest BCUT2D eigenvalue weighted by atomic mass is 9.97. The third-order valence-electron chi connectivity index (χ3n) is 4.37. The van der Waals surface area contributed by atoms with Crippen molar-refractivity contribution in [3.8, 4) is 17.2 Å². The molecular formula is C30H38O5. The Morgan fingerprint density at radius 2 is 1.14 bits per heavy atom. The van der Waals surface area contributed by atoms with Gasteiger partial charge in [0.1, 0.15) is 17.2 Å². The highest BCUT2D eigenvalue weighted by atomic mass is 16.5. The van der Waals surface area contributed by atoms with Gasteiger partial charge in [-0.15, -0.1) is 0 Å². The monoisotopic (exact) mass is 478 g/mol. The number of esters is 2.